The molecule has 0 spiro atoms. The average Bonchev–Trinajstić information content (AvgIpc) is 2.17. The van der Waals surface area contributed by atoms with Gasteiger partial charge in [0.25, 0.3) is 0 Å². The highest BCUT2D eigenvalue weighted by atomic mass is 16.1. The van der Waals surface area contributed by atoms with E-state index in [9.17, 15) is 4.79 Å². The first-order valence-electron chi connectivity index (χ1n) is 4.10. The first-order valence-corrected chi connectivity index (χ1v) is 4.10. The third-order valence-corrected chi connectivity index (χ3v) is 1.35. The fraction of sp³-hybridized carbons (Fsp3) is 0.375. The lowest BCUT2D eigenvalue weighted by molar-refractivity contribution is -0.119. The van der Waals surface area contributed by atoms with Crippen molar-refractivity contribution < 1.29 is 4.79 Å². The minimum Gasteiger partial charge on any atom is -0.355 e. The van der Waals surface area contributed by atoms with Gasteiger partial charge >= 0.3 is 0 Å². The van der Waals surface area contributed by atoms with Gasteiger partial charge in [-0.05, 0) is 13.0 Å². The average molecular weight is 180 g/mol. The molecule has 0 aliphatic heterocycles. The lowest BCUT2D eigenvalue weighted by Gasteiger charge is -2.03. The summed E-state index contributed by atoms with van der Waals surface area (Å²) in [6, 6.07) is 1.72. The molecule has 70 valence electrons. The van der Waals surface area contributed by atoms with Crippen LogP contribution in [0.15, 0.2) is 18.5 Å². The van der Waals surface area contributed by atoms with Gasteiger partial charge in [-0.1, -0.05) is 0 Å². The Bertz CT molecular complexity index is 262. The molecule has 0 fully saturated rings. The first kappa shape index (κ1) is 9.44. The predicted octanol–water partition coefficient (Wildman–Crippen LogP) is 0.0246. The number of nitrogens with zero attached hydrogens (tertiary/aromatic N) is 2. The molecule has 0 bridgehead atoms. The zero-order valence-corrected chi connectivity index (χ0v) is 7.45. The quantitative estimate of drug-likeness (QED) is 0.685. The molecule has 5 heteroatoms. The van der Waals surface area contributed by atoms with Gasteiger partial charge < -0.3 is 10.6 Å². The van der Waals surface area contributed by atoms with Gasteiger partial charge in [0.2, 0.25) is 11.9 Å². The Morgan fingerprint density at radius 3 is 2.77 bits per heavy atom. The molecule has 1 aromatic rings. The van der Waals surface area contributed by atoms with Crippen LogP contribution in [0, 0.1) is 0 Å². The molecular formula is C8H12N4O. The second kappa shape index (κ2) is 5.08. The second-order valence-electron chi connectivity index (χ2n) is 2.38. The van der Waals surface area contributed by atoms with Gasteiger partial charge in [-0.2, -0.15) is 0 Å². The van der Waals surface area contributed by atoms with E-state index in [-0.39, 0.29) is 12.5 Å². The lowest BCUT2D eigenvalue weighted by Crippen LogP contribution is -2.29. The number of amides is 1. The number of anilines is 1. The van der Waals surface area contributed by atoms with Crippen molar-refractivity contribution in [2.24, 2.45) is 0 Å². The molecule has 0 aromatic carbocycles. The highest BCUT2D eigenvalue weighted by Gasteiger charge is 1.98. The van der Waals surface area contributed by atoms with Gasteiger partial charge in [0.15, 0.2) is 0 Å². The number of likely N-dealkylation sites (N-methyl/N-ethyl adjacent to an activating group) is 1. The molecule has 0 radical (unpaired) electrons. The maximum atomic E-state index is 11.0. The van der Waals surface area contributed by atoms with Crippen molar-refractivity contribution in [3.63, 3.8) is 0 Å². The van der Waals surface area contributed by atoms with Crippen LogP contribution in [0.4, 0.5) is 5.95 Å². The van der Waals surface area contributed by atoms with Gasteiger partial charge in [-0.25, -0.2) is 9.97 Å². The van der Waals surface area contributed by atoms with E-state index in [1.165, 1.54) is 0 Å². The van der Waals surface area contributed by atoms with Crippen LogP contribution >= 0.6 is 0 Å². The number of rotatable bonds is 4. The summed E-state index contributed by atoms with van der Waals surface area (Å²) < 4.78 is 0. The number of hydrogen-bond acceptors (Lipinski definition) is 4. The van der Waals surface area contributed by atoms with E-state index in [1.807, 2.05) is 6.92 Å². The lowest BCUT2D eigenvalue weighted by atomic mass is 10.5. The molecule has 1 rings (SSSR count). The highest BCUT2D eigenvalue weighted by molar-refractivity contribution is 5.80. The van der Waals surface area contributed by atoms with E-state index >= 15 is 0 Å². The maximum absolute atomic E-state index is 11.0. The minimum absolute atomic E-state index is 0.0602. The smallest absolute Gasteiger partial charge is 0.239 e. The molecule has 0 aliphatic rings. The van der Waals surface area contributed by atoms with Crippen molar-refractivity contribution in [2.75, 3.05) is 18.4 Å². The van der Waals surface area contributed by atoms with Crippen LogP contribution in [0.25, 0.3) is 0 Å². The summed E-state index contributed by atoms with van der Waals surface area (Å²) in [7, 11) is 0. The fourth-order valence-corrected chi connectivity index (χ4v) is 0.809. The third kappa shape index (κ3) is 3.50. The molecular weight excluding hydrogens is 168 g/mol. The van der Waals surface area contributed by atoms with Crippen LogP contribution in [0.1, 0.15) is 6.92 Å². The Morgan fingerprint density at radius 1 is 1.46 bits per heavy atom. The fourth-order valence-electron chi connectivity index (χ4n) is 0.809. The number of carbonyl (C=O) groups is 1. The Hall–Kier alpha value is -1.65. The molecule has 0 saturated heterocycles. The summed E-state index contributed by atoms with van der Waals surface area (Å²) in [5.41, 5.74) is 0. The summed E-state index contributed by atoms with van der Waals surface area (Å²) in [5, 5.41) is 5.45. The molecule has 0 saturated carbocycles. The Balaban J connectivity index is 2.31. The van der Waals surface area contributed by atoms with Crippen LogP contribution in [0.2, 0.25) is 0 Å². The van der Waals surface area contributed by atoms with Crippen molar-refractivity contribution in [1.82, 2.24) is 15.3 Å². The molecule has 1 aromatic heterocycles. The standard InChI is InChI=1S/C8H12N4O/c1-2-9-7(13)6-12-8-10-4-3-5-11-8/h3-5H,2,6H2,1H3,(H,9,13)(H,10,11,12). The van der Waals surface area contributed by atoms with Gasteiger partial charge in [0.1, 0.15) is 0 Å². The van der Waals surface area contributed by atoms with Gasteiger partial charge in [-0.3, -0.25) is 4.79 Å². The molecule has 5 nitrogen and oxygen atoms in total. The highest BCUT2D eigenvalue weighted by Crippen LogP contribution is 1.91. The number of carbonyl (C=O) groups excluding carboxylic acids is 1. The van der Waals surface area contributed by atoms with E-state index in [0.717, 1.165) is 0 Å². The summed E-state index contributed by atoms with van der Waals surface area (Å²) in [4.78, 5) is 18.8. The number of aromatic nitrogens is 2. The van der Waals surface area contributed by atoms with Crippen molar-refractivity contribution in [2.45, 2.75) is 6.92 Å². The summed E-state index contributed by atoms with van der Waals surface area (Å²) in [6.07, 6.45) is 3.24. The van der Waals surface area contributed by atoms with E-state index in [0.29, 0.717) is 12.5 Å². The van der Waals surface area contributed by atoms with Crippen LogP contribution in [-0.2, 0) is 4.79 Å². The largest absolute Gasteiger partial charge is 0.355 e. The van der Waals surface area contributed by atoms with E-state index in [4.69, 9.17) is 0 Å². The minimum atomic E-state index is -0.0602. The van der Waals surface area contributed by atoms with Crippen LogP contribution in [0.5, 0.6) is 0 Å². The van der Waals surface area contributed by atoms with E-state index in [1.54, 1.807) is 18.5 Å². The third-order valence-electron chi connectivity index (χ3n) is 1.35. The molecule has 0 unspecified atom stereocenters. The van der Waals surface area contributed by atoms with Gasteiger partial charge in [-0.15, -0.1) is 0 Å². The SMILES string of the molecule is CCNC(=O)CNc1ncccn1. The second-order valence-corrected chi connectivity index (χ2v) is 2.38. The number of hydrogen-bond donors (Lipinski definition) is 2. The molecule has 1 amide bonds. The van der Waals surface area contributed by atoms with Crippen molar-refractivity contribution in [3.05, 3.63) is 18.5 Å². The van der Waals surface area contributed by atoms with E-state index in [2.05, 4.69) is 20.6 Å². The van der Waals surface area contributed by atoms with E-state index < -0.39 is 0 Å². The van der Waals surface area contributed by atoms with Gasteiger partial charge in [0.05, 0.1) is 6.54 Å². The molecule has 0 aliphatic carbocycles. The zero-order chi connectivity index (χ0) is 9.52. The van der Waals surface area contributed by atoms with Crippen molar-refractivity contribution in [3.8, 4) is 0 Å². The topological polar surface area (TPSA) is 66.9 Å². The first-order chi connectivity index (χ1) is 6.33. The molecule has 13 heavy (non-hydrogen) atoms. The zero-order valence-electron chi connectivity index (χ0n) is 7.45. The monoisotopic (exact) mass is 180 g/mol. The van der Waals surface area contributed by atoms with Crippen LogP contribution in [0.3, 0.4) is 0 Å². The van der Waals surface area contributed by atoms with Gasteiger partial charge in [0, 0.05) is 18.9 Å². The van der Waals surface area contributed by atoms with Crippen molar-refractivity contribution in [1.29, 1.82) is 0 Å². The van der Waals surface area contributed by atoms with Crippen LogP contribution < -0.4 is 10.6 Å². The Morgan fingerprint density at radius 2 is 2.15 bits per heavy atom. The summed E-state index contributed by atoms with van der Waals surface area (Å²) in [5.74, 6) is 0.406. The molecule has 2 N–H and O–H groups in total. The Kier molecular flexibility index (Phi) is 3.69. The molecule has 1 heterocycles. The Labute approximate surface area is 76.6 Å². The maximum Gasteiger partial charge on any atom is 0.239 e. The van der Waals surface area contributed by atoms with Crippen LogP contribution in [-0.4, -0.2) is 29.0 Å². The normalized spacial score (nSPS) is 9.31. The van der Waals surface area contributed by atoms with Crippen molar-refractivity contribution >= 4 is 11.9 Å². The number of nitrogens with one attached hydrogen (secondary N) is 2. The summed E-state index contributed by atoms with van der Waals surface area (Å²) in [6.45, 7) is 2.71. The summed E-state index contributed by atoms with van der Waals surface area (Å²) >= 11 is 0. The predicted molar refractivity (Wildman–Crippen MR) is 49.2 cm³/mol. The molecule has 0 atom stereocenters.